The standard InChI is InChI=1S/C13H14N2O2S2/c1-9(16)15-11(7-8-19-13(15)18)12(17)14-10-5-3-2-4-6-10/h2-6,11H,7-8H2,1H3,(H,14,17). The Balaban J connectivity index is 2.12. The second kappa shape index (κ2) is 6.16. The lowest BCUT2D eigenvalue weighted by atomic mass is 10.1. The normalized spacial score (nSPS) is 19.1. The molecule has 1 fully saturated rings. The molecule has 0 radical (unpaired) electrons. The van der Waals surface area contributed by atoms with Gasteiger partial charge in [0.2, 0.25) is 11.8 Å². The molecule has 1 saturated heterocycles. The number of hydrogen-bond donors (Lipinski definition) is 1. The maximum atomic E-state index is 12.3. The third-order valence-corrected chi connectivity index (χ3v) is 4.24. The highest BCUT2D eigenvalue weighted by atomic mass is 32.2. The van der Waals surface area contributed by atoms with Crippen LogP contribution in [-0.2, 0) is 9.59 Å². The lowest BCUT2D eigenvalue weighted by molar-refractivity contribution is -0.132. The van der Waals surface area contributed by atoms with Gasteiger partial charge in [-0.15, -0.1) is 0 Å². The molecule has 0 bridgehead atoms. The number of para-hydroxylation sites is 1. The lowest BCUT2D eigenvalue weighted by Crippen LogP contribution is -2.50. The fraction of sp³-hybridized carbons (Fsp3) is 0.308. The zero-order chi connectivity index (χ0) is 13.8. The third-order valence-electron chi connectivity index (χ3n) is 2.81. The van der Waals surface area contributed by atoms with Crippen LogP contribution >= 0.6 is 24.0 Å². The Morgan fingerprint density at radius 2 is 2.05 bits per heavy atom. The van der Waals surface area contributed by atoms with Crippen molar-refractivity contribution >= 4 is 45.8 Å². The molecule has 0 spiro atoms. The maximum Gasteiger partial charge on any atom is 0.247 e. The van der Waals surface area contributed by atoms with Gasteiger partial charge in [0.25, 0.3) is 0 Å². The van der Waals surface area contributed by atoms with Crippen molar-refractivity contribution in [1.82, 2.24) is 4.90 Å². The molecule has 2 amide bonds. The molecule has 0 aliphatic carbocycles. The number of carbonyl (C=O) groups excluding carboxylic acids is 2. The summed E-state index contributed by atoms with van der Waals surface area (Å²) in [5.74, 6) is 0.379. The molecule has 2 rings (SSSR count). The highest BCUT2D eigenvalue weighted by molar-refractivity contribution is 8.23. The zero-order valence-electron chi connectivity index (χ0n) is 10.5. The Labute approximate surface area is 121 Å². The van der Waals surface area contributed by atoms with Gasteiger partial charge in [-0.2, -0.15) is 0 Å². The first kappa shape index (κ1) is 14.0. The minimum absolute atomic E-state index is 0.189. The summed E-state index contributed by atoms with van der Waals surface area (Å²) in [6.07, 6.45) is 0.614. The highest BCUT2D eigenvalue weighted by Gasteiger charge is 2.34. The molecular weight excluding hydrogens is 280 g/mol. The number of amides is 2. The van der Waals surface area contributed by atoms with Gasteiger partial charge in [0.15, 0.2) is 0 Å². The van der Waals surface area contributed by atoms with E-state index in [1.165, 1.54) is 23.6 Å². The Bertz CT molecular complexity index is 505. The molecule has 19 heavy (non-hydrogen) atoms. The molecule has 0 aromatic heterocycles. The van der Waals surface area contributed by atoms with Gasteiger partial charge in [0, 0.05) is 18.4 Å². The van der Waals surface area contributed by atoms with Gasteiger partial charge in [0.1, 0.15) is 10.4 Å². The number of nitrogens with one attached hydrogen (secondary N) is 1. The van der Waals surface area contributed by atoms with Crippen LogP contribution in [-0.4, -0.2) is 32.8 Å². The molecule has 1 heterocycles. The van der Waals surface area contributed by atoms with Gasteiger partial charge in [-0.05, 0) is 18.6 Å². The van der Waals surface area contributed by atoms with Crippen molar-refractivity contribution < 1.29 is 9.59 Å². The highest BCUT2D eigenvalue weighted by Crippen LogP contribution is 2.24. The molecule has 1 aliphatic rings. The van der Waals surface area contributed by atoms with E-state index in [0.29, 0.717) is 10.7 Å². The summed E-state index contributed by atoms with van der Waals surface area (Å²) < 4.78 is 0.479. The van der Waals surface area contributed by atoms with Crippen LogP contribution < -0.4 is 5.32 Å². The van der Waals surface area contributed by atoms with Crippen LogP contribution in [0.4, 0.5) is 5.69 Å². The molecule has 1 aliphatic heterocycles. The van der Waals surface area contributed by atoms with Crippen molar-refractivity contribution in [3.8, 4) is 0 Å². The number of nitrogens with zero attached hydrogens (tertiary/aromatic N) is 1. The average Bonchev–Trinajstić information content (AvgIpc) is 2.39. The topological polar surface area (TPSA) is 49.4 Å². The van der Waals surface area contributed by atoms with Crippen LogP contribution in [0.15, 0.2) is 30.3 Å². The van der Waals surface area contributed by atoms with E-state index in [0.717, 1.165) is 11.4 Å². The Morgan fingerprint density at radius 3 is 2.68 bits per heavy atom. The molecular formula is C13H14N2O2S2. The van der Waals surface area contributed by atoms with Gasteiger partial charge in [0.05, 0.1) is 0 Å². The predicted octanol–water partition coefficient (Wildman–Crippen LogP) is 2.26. The molecule has 1 atom stereocenters. The smallest absolute Gasteiger partial charge is 0.247 e. The lowest BCUT2D eigenvalue weighted by Gasteiger charge is -2.33. The minimum Gasteiger partial charge on any atom is -0.324 e. The largest absolute Gasteiger partial charge is 0.324 e. The van der Waals surface area contributed by atoms with Gasteiger partial charge in [-0.3, -0.25) is 14.5 Å². The number of hydrogen-bond acceptors (Lipinski definition) is 4. The van der Waals surface area contributed by atoms with Gasteiger partial charge in [-0.1, -0.05) is 42.2 Å². The molecule has 6 heteroatoms. The maximum absolute atomic E-state index is 12.3. The number of thiocarbonyl (C=S) groups is 1. The second-order valence-electron chi connectivity index (χ2n) is 4.16. The molecule has 1 N–H and O–H groups in total. The van der Waals surface area contributed by atoms with Gasteiger partial charge >= 0.3 is 0 Å². The van der Waals surface area contributed by atoms with Crippen LogP contribution in [0.2, 0.25) is 0 Å². The molecule has 0 saturated carbocycles. The van der Waals surface area contributed by atoms with E-state index in [-0.39, 0.29) is 11.8 Å². The van der Waals surface area contributed by atoms with Crippen LogP contribution in [0, 0.1) is 0 Å². The van der Waals surface area contributed by atoms with Crippen molar-refractivity contribution in [3.05, 3.63) is 30.3 Å². The van der Waals surface area contributed by atoms with E-state index in [4.69, 9.17) is 12.2 Å². The predicted molar refractivity (Wildman–Crippen MR) is 81.1 cm³/mol. The summed E-state index contributed by atoms with van der Waals surface area (Å²) in [5.41, 5.74) is 0.722. The van der Waals surface area contributed by atoms with Crippen LogP contribution in [0.1, 0.15) is 13.3 Å². The van der Waals surface area contributed by atoms with Crippen LogP contribution in [0.5, 0.6) is 0 Å². The van der Waals surface area contributed by atoms with E-state index >= 15 is 0 Å². The number of anilines is 1. The SMILES string of the molecule is CC(=O)N1C(=S)SCCC1C(=O)Nc1ccccc1. The number of benzene rings is 1. The summed E-state index contributed by atoms with van der Waals surface area (Å²) in [7, 11) is 0. The summed E-state index contributed by atoms with van der Waals surface area (Å²) >= 11 is 6.59. The summed E-state index contributed by atoms with van der Waals surface area (Å²) in [4.78, 5) is 25.3. The molecule has 4 nitrogen and oxygen atoms in total. The molecule has 1 aromatic carbocycles. The van der Waals surface area contributed by atoms with Crippen LogP contribution in [0.25, 0.3) is 0 Å². The van der Waals surface area contributed by atoms with Gasteiger partial charge in [-0.25, -0.2) is 0 Å². The average molecular weight is 294 g/mol. The third kappa shape index (κ3) is 3.33. The summed E-state index contributed by atoms with van der Waals surface area (Å²) in [6, 6.07) is 8.69. The van der Waals surface area contributed by atoms with E-state index in [1.54, 1.807) is 0 Å². The Morgan fingerprint density at radius 1 is 1.37 bits per heavy atom. The Kier molecular flexibility index (Phi) is 4.55. The minimum atomic E-state index is -0.508. The van der Waals surface area contributed by atoms with E-state index < -0.39 is 6.04 Å². The monoisotopic (exact) mass is 294 g/mol. The second-order valence-corrected chi connectivity index (χ2v) is 5.89. The van der Waals surface area contributed by atoms with E-state index in [2.05, 4.69) is 5.32 Å². The van der Waals surface area contributed by atoms with E-state index in [1.807, 2.05) is 30.3 Å². The van der Waals surface area contributed by atoms with Crippen molar-refractivity contribution in [1.29, 1.82) is 0 Å². The molecule has 1 unspecified atom stereocenters. The van der Waals surface area contributed by atoms with Gasteiger partial charge < -0.3 is 5.32 Å². The fourth-order valence-corrected chi connectivity index (χ4v) is 3.34. The van der Waals surface area contributed by atoms with E-state index in [9.17, 15) is 9.59 Å². The van der Waals surface area contributed by atoms with Crippen LogP contribution in [0.3, 0.4) is 0 Å². The number of rotatable bonds is 2. The van der Waals surface area contributed by atoms with Crippen molar-refractivity contribution in [2.75, 3.05) is 11.1 Å². The molecule has 100 valence electrons. The molecule has 1 aromatic rings. The number of thioether (sulfide) groups is 1. The quantitative estimate of drug-likeness (QED) is 0.850. The zero-order valence-corrected chi connectivity index (χ0v) is 12.1. The first-order chi connectivity index (χ1) is 9.09. The number of carbonyl (C=O) groups is 2. The fourth-order valence-electron chi connectivity index (χ4n) is 1.93. The summed E-state index contributed by atoms with van der Waals surface area (Å²) in [6.45, 7) is 1.43. The van der Waals surface area contributed by atoms with Crippen molar-refractivity contribution in [3.63, 3.8) is 0 Å². The first-order valence-corrected chi connectivity index (χ1v) is 7.31. The van der Waals surface area contributed by atoms with Crippen molar-refractivity contribution in [2.45, 2.75) is 19.4 Å². The summed E-state index contributed by atoms with van der Waals surface area (Å²) in [5, 5.41) is 2.82. The van der Waals surface area contributed by atoms with Crippen molar-refractivity contribution in [2.24, 2.45) is 0 Å². The first-order valence-electron chi connectivity index (χ1n) is 5.92. The Hall–Kier alpha value is -1.40.